The molecule has 164 valence electrons. The van der Waals surface area contributed by atoms with Gasteiger partial charge in [0.15, 0.2) is 17.5 Å². The van der Waals surface area contributed by atoms with Gasteiger partial charge in [0.25, 0.3) is 0 Å². The highest BCUT2D eigenvalue weighted by atomic mass is 127. The molecular weight excluding hydrogens is 509 g/mol. The Labute approximate surface area is 201 Å². The summed E-state index contributed by atoms with van der Waals surface area (Å²) in [6.07, 6.45) is 2.12. The lowest BCUT2D eigenvalue weighted by molar-refractivity contribution is 0.354. The van der Waals surface area contributed by atoms with Crippen molar-refractivity contribution >= 4 is 41.7 Å². The van der Waals surface area contributed by atoms with Gasteiger partial charge < -0.3 is 19.7 Å². The smallest absolute Gasteiger partial charge is 0.193 e. The Morgan fingerprint density at radius 2 is 1.90 bits per heavy atom. The Kier molecular flexibility index (Phi) is 10.6. The number of thioether (sulfide) groups is 1. The average molecular weight is 541 g/mol. The summed E-state index contributed by atoms with van der Waals surface area (Å²) in [5.74, 6) is 4.38. The summed E-state index contributed by atoms with van der Waals surface area (Å²) in [6.45, 7) is 2.97. The second-order valence-corrected chi connectivity index (χ2v) is 8.23. The molecule has 1 N–H and O–H groups in total. The van der Waals surface area contributed by atoms with E-state index in [9.17, 15) is 0 Å². The van der Waals surface area contributed by atoms with E-state index in [-0.39, 0.29) is 24.0 Å². The van der Waals surface area contributed by atoms with Gasteiger partial charge in [-0.3, -0.25) is 4.99 Å². The lowest BCUT2D eigenvalue weighted by Crippen LogP contribution is -2.41. The van der Waals surface area contributed by atoms with Gasteiger partial charge in [0, 0.05) is 37.3 Å². The largest absolute Gasteiger partial charge is 0.493 e. The normalized spacial score (nSPS) is 16.2. The number of likely N-dealkylation sites (tertiary alicyclic amines) is 1. The van der Waals surface area contributed by atoms with E-state index in [4.69, 9.17) is 9.47 Å². The van der Waals surface area contributed by atoms with E-state index >= 15 is 0 Å². The molecule has 1 fully saturated rings. The molecule has 1 saturated heterocycles. The second-order valence-electron chi connectivity index (χ2n) is 7.14. The van der Waals surface area contributed by atoms with Gasteiger partial charge in [-0.25, -0.2) is 0 Å². The minimum atomic E-state index is 0. The maximum absolute atomic E-state index is 5.39. The van der Waals surface area contributed by atoms with E-state index in [2.05, 4.69) is 51.6 Å². The van der Waals surface area contributed by atoms with Crippen molar-refractivity contribution in [2.45, 2.75) is 17.7 Å². The van der Waals surface area contributed by atoms with Gasteiger partial charge in [-0.2, -0.15) is 0 Å². The molecule has 5 nitrogen and oxygen atoms in total. The lowest BCUT2D eigenvalue weighted by atomic mass is 10.1. The Hall–Kier alpha value is -1.61. The number of hydrogen-bond donors (Lipinski definition) is 1. The van der Waals surface area contributed by atoms with Crippen molar-refractivity contribution in [1.29, 1.82) is 0 Å². The van der Waals surface area contributed by atoms with Crippen LogP contribution in [0.25, 0.3) is 0 Å². The zero-order valence-electron chi connectivity index (χ0n) is 18.0. The van der Waals surface area contributed by atoms with Crippen LogP contribution < -0.4 is 14.8 Å². The van der Waals surface area contributed by atoms with E-state index in [1.54, 1.807) is 14.2 Å². The molecule has 0 aliphatic carbocycles. The third-order valence-corrected chi connectivity index (χ3v) is 6.41. The van der Waals surface area contributed by atoms with E-state index in [1.165, 1.54) is 16.9 Å². The fourth-order valence-corrected chi connectivity index (χ4v) is 4.63. The Morgan fingerprint density at radius 3 is 2.60 bits per heavy atom. The monoisotopic (exact) mass is 541 g/mol. The van der Waals surface area contributed by atoms with Gasteiger partial charge in [0.1, 0.15) is 0 Å². The summed E-state index contributed by atoms with van der Waals surface area (Å²) >= 11 is 1.95. The Morgan fingerprint density at radius 1 is 1.13 bits per heavy atom. The first kappa shape index (κ1) is 24.7. The van der Waals surface area contributed by atoms with Crippen molar-refractivity contribution < 1.29 is 9.47 Å². The molecule has 2 aromatic rings. The highest BCUT2D eigenvalue weighted by molar-refractivity contribution is 14.0. The molecule has 7 heteroatoms. The maximum atomic E-state index is 5.39. The van der Waals surface area contributed by atoms with Crippen LogP contribution in [0.5, 0.6) is 11.5 Å². The van der Waals surface area contributed by atoms with Crippen molar-refractivity contribution in [3.05, 3.63) is 54.1 Å². The topological polar surface area (TPSA) is 46.1 Å². The molecule has 1 aliphatic heterocycles. The van der Waals surface area contributed by atoms with Crippen LogP contribution in [-0.4, -0.2) is 57.5 Å². The number of hydrogen-bond acceptors (Lipinski definition) is 4. The van der Waals surface area contributed by atoms with E-state index in [0.717, 1.165) is 49.3 Å². The van der Waals surface area contributed by atoms with Crippen LogP contribution in [0.2, 0.25) is 0 Å². The number of benzene rings is 2. The van der Waals surface area contributed by atoms with Crippen molar-refractivity contribution in [3.63, 3.8) is 0 Å². The lowest BCUT2D eigenvalue weighted by Gasteiger charge is -2.22. The molecule has 1 atom stereocenters. The Bertz CT molecular complexity index is 804. The highest BCUT2D eigenvalue weighted by Crippen LogP contribution is 2.28. The molecule has 0 radical (unpaired) electrons. The van der Waals surface area contributed by atoms with Crippen LogP contribution in [0.3, 0.4) is 0 Å². The van der Waals surface area contributed by atoms with Crippen LogP contribution in [-0.2, 0) is 6.42 Å². The molecule has 0 saturated carbocycles. The summed E-state index contributed by atoms with van der Waals surface area (Å²) in [4.78, 5) is 8.23. The summed E-state index contributed by atoms with van der Waals surface area (Å²) in [6, 6.07) is 16.7. The van der Waals surface area contributed by atoms with Crippen molar-refractivity contribution in [2.75, 3.05) is 46.7 Å². The van der Waals surface area contributed by atoms with Gasteiger partial charge in [-0.05, 0) is 48.6 Å². The number of aliphatic imine (C=N–C) groups is 1. The molecule has 30 heavy (non-hydrogen) atoms. The molecule has 0 aromatic heterocycles. The maximum Gasteiger partial charge on any atom is 0.193 e. The van der Waals surface area contributed by atoms with Gasteiger partial charge in [-0.15, -0.1) is 35.7 Å². The van der Waals surface area contributed by atoms with Crippen LogP contribution in [0.15, 0.2) is 58.4 Å². The minimum absolute atomic E-state index is 0. The molecule has 3 rings (SSSR count). The Balaban J connectivity index is 0.00000320. The first-order valence-electron chi connectivity index (χ1n) is 10.1. The molecule has 0 amide bonds. The molecule has 2 aromatic carbocycles. The number of ether oxygens (including phenoxy) is 2. The fourth-order valence-electron chi connectivity index (χ4n) is 3.58. The zero-order valence-corrected chi connectivity index (χ0v) is 21.1. The predicted octanol–water partition coefficient (Wildman–Crippen LogP) is 4.55. The number of guanidine groups is 1. The van der Waals surface area contributed by atoms with Crippen molar-refractivity contribution in [3.8, 4) is 11.5 Å². The quantitative estimate of drug-likeness (QED) is 0.230. The predicted molar refractivity (Wildman–Crippen MR) is 137 cm³/mol. The SMILES string of the molecule is CN=C(NCCc1ccc(OC)c(OC)c1)N1CCC(CSc2ccccc2)C1.I. The standard InChI is InChI=1S/C23H31N3O2S.HI/c1-24-23(25-13-11-18-9-10-21(27-2)22(15-18)28-3)26-14-12-19(16-26)17-29-20-7-5-4-6-8-20;/h4-10,15,19H,11-14,16-17H2,1-3H3,(H,24,25);1H. The van der Waals surface area contributed by atoms with Crippen LogP contribution >= 0.6 is 35.7 Å². The first-order valence-corrected chi connectivity index (χ1v) is 11.1. The number of nitrogens with one attached hydrogen (secondary N) is 1. The van der Waals surface area contributed by atoms with Gasteiger partial charge in [-0.1, -0.05) is 24.3 Å². The molecule has 1 aliphatic rings. The van der Waals surface area contributed by atoms with Crippen LogP contribution in [0.4, 0.5) is 0 Å². The summed E-state index contributed by atoms with van der Waals surface area (Å²) in [5, 5.41) is 3.52. The molecular formula is C23H32IN3O2S. The highest BCUT2D eigenvalue weighted by Gasteiger charge is 2.24. The molecule has 1 unspecified atom stereocenters. The zero-order chi connectivity index (χ0) is 20.5. The number of methoxy groups -OCH3 is 2. The molecule has 0 spiro atoms. The fraction of sp³-hybridized carbons (Fsp3) is 0.435. The van der Waals surface area contributed by atoms with Gasteiger partial charge >= 0.3 is 0 Å². The van der Waals surface area contributed by atoms with E-state index < -0.39 is 0 Å². The molecule has 0 bridgehead atoms. The first-order chi connectivity index (χ1) is 14.2. The van der Waals surface area contributed by atoms with Gasteiger partial charge in [0.2, 0.25) is 0 Å². The summed E-state index contributed by atoms with van der Waals surface area (Å²) in [5.41, 5.74) is 1.21. The minimum Gasteiger partial charge on any atom is -0.493 e. The van der Waals surface area contributed by atoms with Gasteiger partial charge in [0.05, 0.1) is 14.2 Å². The number of rotatable bonds is 8. The van der Waals surface area contributed by atoms with E-state index in [0.29, 0.717) is 5.92 Å². The third kappa shape index (κ3) is 6.97. The average Bonchev–Trinajstić information content (AvgIpc) is 3.24. The van der Waals surface area contributed by atoms with E-state index in [1.807, 2.05) is 30.9 Å². The van der Waals surface area contributed by atoms with Crippen LogP contribution in [0.1, 0.15) is 12.0 Å². The van der Waals surface area contributed by atoms with Crippen molar-refractivity contribution in [1.82, 2.24) is 10.2 Å². The molecule has 1 heterocycles. The third-order valence-electron chi connectivity index (χ3n) is 5.17. The summed E-state index contributed by atoms with van der Waals surface area (Å²) in [7, 11) is 5.19. The van der Waals surface area contributed by atoms with Crippen molar-refractivity contribution in [2.24, 2.45) is 10.9 Å². The number of nitrogens with zero attached hydrogens (tertiary/aromatic N) is 2. The number of halogens is 1. The van der Waals surface area contributed by atoms with Crippen LogP contribution in [0, 0.1) is 5.92 Å². The second kappa shape index (κ2) is 12.9. The summed E-state index contributed by atoms with van der Waals surface area (Å²) < 4.78 is 10.7.